The van der Waals surface area contributed by atoms with Crippen LogP contribution in [0.5, 0.6) is 0 Å². The first-order chi connectivity index (χ1) is 13.3. The summed E-state index contributed by atoms with van der Waals surface area (Å²) in [6.45, 7) is 0.923. The molecule has 1 saturated heterocycles. The maximum Gasteiger partial charge on any atom is 0.437 e. The van der Waals surface area contributed by atoms with Crippen molar-refractivity contribution in [3.8, 4) is 0 Å². The number of carbonyl (C=O) groups is 1. The summed E-state index contributed by atoms with van der Waals surface area (Å²) in [4.78, 5) is 18.3. The lowest BCUT2D eigenvalue weighted by molar-refractivity contribution is -0.137. The zero-order chi connectivity index (χ0) is 20.1. The number of hydrogen-bond donors (Lipinski definition) is 1. The molecule has 3 rings (SSSR count). The molecule has 0 aromatic heterocycles. The van der Waals surface area contributed by atoms with E-state index >= 15 is 0 Å². The van der Waals surface area contributed by atoms with Crippen LogP contribution in [0.1, 0.15) is 18.4 Å². The molecule has 1 amide bonds. The highest BCUT2D eigenvalue weighted by molar-refractivity contribution is 5.88. The molecule has 0 unspecified atom stereocenters. The van der Waals surface area contributed by atoms with Crippen LogP contribution >= 0.6 is 0 Å². The maximum absolute atomic E-state index is 12.8. The van der Waals surface area contributed by atoms with Gasteiger partial charge in [0.15, 0.2) is 0 Å². The fourth-order valence-corrected chi connectivity index (χ4v) is 2.77. The fraction of sp³-hybridized carbons (Fsp3) is 0.263. The van der Waals surface area contributed by atoms with Crippen molar-refractivity contribution < 1.29 is 27.2 Å². The van der Waals surface area contributed by atoms with Crippen LogP contribution in [-0.2, 0) is 11.0 Å². The standard InChI is InChI=1S/C19H17F4N3O2/c20-14-4-6-15(7-5-14)24-18(27)28-25-16-8-10-26(11-9-16)17-3-1-2-13(12-17)19(21,22)23/h1-7,12H,8-11H2,(H,24,27). The van der Waals surface area contributed by atoms with Gasteiger partial charge in [-0.1, -0.05) is 11.2 Å². The third kappa shape index (κ3) is 5.21. The van der Waals surface area contributed by atoms with E-state index in [4.69, 9.17) is 4.84 Å². The topological polar surface area (TPSA) is 53.9 Å². The Hall–Kier alpha value is -3.10. The molecule has 1 heterocycles. The van der Waals surface area contributed by atoms with Crippen LogP contribution in [0, 0.1) is 5.82 Å². The number of oxime groups is 1. The number of halogens is 4. The number of nitrogens with zero attached hydrogens (tertiary/aromatic N) is 2. The van der Waals surface area contributed by atoms with Crippen molar-refractivity contribution in [2.24, 2.45) is 5.16 Å². The number of rotatable bonds is 3. The third-order valence-corrected chi connectivity index (χ3v) is 4.23. The molecular formula is C19H17F4N3O2. The second-order valence-corrected chi connectivity index (χ2v) is 6.20. The van der Waals surface area contributed by atoms with Crippen LogP contribution in [0.15, 0.2) is 53.7 Å². The molecule has 2 aromatic rings. The van der Waals surface area contributed by atoms with Gasteiger partial charge in [-0.25, -0.2) is 9.18 Å². The molecule has 0 atom stereocenters. The summed E-state index contributed by atoms with van der Waals surface area (Å²) in [6.07, 6.45) is -4.27. The van der Waals surface area contributed by atoms with E-state index in [9.17, 15) is 22.4 Å². The molecule has 1 fully saturated rings. The second kappa shape index (κ2) is 8.28. The Bertz CT molecular complexity index is 856. The van der Waals surface area contributed by atoms with Crippen molar-refractivity contribution in [3.05, 3.63) is 59.9 Å². The molecule has 1 aliphatic rings. The Morgan fingerprint density at radius 2 is 1.75 bits per heavy atom. The van der Waals surface area contributed by atoms with E-state index in [0.29, 0.717) is 43.0 Å². The number of alkyl halides is 3. The SMILES string of the molecule is O=C(Nc1ccc(F)cc1)ON=C1CCN(c2cccc(C(F)(F)F)c2)CC1. The summed E-state index contributed by atoms with van der Waals surface area (Å²) in [7, 11) is 0. The first-order valence-electron chi connectivity index (χ1n) is 8.53. The fourth-order valence-electron chi connectivity index (χ4n) is 2.77. The Labute approximate surface area is 158 Å². The largest absolute Gasteiger partial charge is 0.437 e. The van der Waals surface area contributed by atoms with E-state index in [-0.39, 0.29) is 0 Å². The molecule has 0 radical (unpaired) electrons. The van der Waals surface area contributed by atoms with E-state index in [1.165, 1.54) is 30.3 Å². The lowest BCUT2D eigenvalue weighted by Gasteiger charge is -2.29. The molecule has 0 spiro atoms. The zero-order valence-corrected chi connectivity index (χ0v) is 14.7. The van der Waals surface area contributed by atoms with Crippen LogP contribution in [0.4, 0.5) is 33.7 Å². The Kier molecular flexibility index (Phi) is 5.81. The number of carbonyl (C=O) groups excluding carboxylic acids is 1. The lowest BCUT2D eigenvalue weighted by Crippen LogP contribution is -2.34. The number of piperidine rings is 1. The predicted molar refractivity (Wildman–Crippen MR) is 96.8 cm³/mol. The van der Waals surface area contributed by atoms with Crippen molar-refractivity contribution in [3.63, 3.8) is 0 Å². The molecule has 1 aliphatic heterocycles. The minimum atomic E-state index is -4.38. The summed E-state index contributed by atoms with van der Waals surface area (Å²) in [5.41, 5.74) is 0.803. The Balaban J connectivity index is 1.52. The molecule has 2 aromatic carbocycles. The van der Waals surface area contributed by atoms with Gasteiger partial charge in [0.05, 0.1) is 11.3 Å². The normalized spacial score (nSPS) is 14.6. The molecule has 28 heavy (non-hydrogen) atoms. The number of benzene rings is 2. The molecule has 148 valence electrons. The van der Waals surface area contributed by atoms with E-state index in [1.807, 2.05) is 4.90 Å². The average Bonchev–Trinajstić information content (AvgIpc) is 2.68. The van der Waals surface area contributed by atoms with Gasteiger partial charge in [-0.3, -0.25) is 10.2 Å². The predicted octanol–water partition coefficient (Wildman–Crippen LogP) is 5.05. The van der Waals surface area contributed by atoms with Gasteiger partial charge in [0.25, 0.3) is 0 Å². The highest BCUT2D eigenvalue weighted by Gasteiger charge is 2.31. The van der Waals surface area contributed by atoms with Crippen molar-refractivity contribution in [2.75, 3.05) is 23.3 Å². The maximum atomic E-state index is 12.8. The van der Waals surface area contributed by atoms with Crippen molar-refractivity contribution in [1.82, 2.24) is 0 Å². The third-order valence-electron chi connectivity index (χ3n) is 4.23. The highest BCUT2D eigenvalue weighted by atomic mass is 19.4. The molecule has 0 saturated carbocycles. The highest BCUT2D eigenvalue weighted by Crippen LogP contribution is 2.32. The first kappa shape index (κ1) is 19.7. The minimum absolute atomic E-state index is 0.367. The van der Waals surface area contributed by atoms with Crippen molar-refractivity contribution >= 4 is 23.2 Å². The number of anilines is 2. The van der Waals surface area contributed by atoms with E-state index in [0.717, 1.165) is 12.1 Å². The van der Waals surface area contributed by atoms with E-state index in [1.54, 1.807) is 6.07 Å². The molecular weight excluding hydrogens is 378 g/mol. The van der Waals surface area contributed by atoms with Gasteiger partial charge in [0, 0.05) is 37.3 Å². The quantitative estimate of drug-likeness (QED) is 0.450. The van der Waals surface area contributed by atoms with E-state index in [2.05, 4.69) is 10.5 Å². The van der Waals surface area contributed by atoms with Gasteiger partial charge in [0.1, 0.15) is 5.82 Å². The minimum Gasteiger partial charge on any atom is -0.371 e. The van der Waals surface area contributed by atoms with Crippen molar-refractivity contribution in [2.45, 2.75) is 19.0 Å². The zero-order valence-electron chi connectivity index (χ0n) is 14.7. The van der Waals surface area contributed by atoms with Crippen LogP contribution in [-0.4, -0.2) is 24.9 Å². The molecule has 1 N–H and O–H groups in total. The molecule has 0 bridgehead atoms. The monoisotopic (exact) mass is 395 g/mol. The average molecular weight is 395 g/mol. The summed E-state index contributed by atoms with van der Waals surface area (Å²) in [6, 6.07) is 10.3. The number of hydrogen-bond acceptors (Lipinski definition) is 4. The summed E-state index contributed by atoms with van der Waals surface area (Å²) >= 11 is 0. The number of amides is 1. The van der Waals surface area contributed by atoms with Crippen LogP contribution in [0.2, 0.25) is 0 Å². The molecule has 0 aliphatic carbocycles. The van der Waals surface area contributed by atoms with Crippen LogP contribution < -0.4 is 10.2 Å². The van der Waals surface area contributed by atoms with Crippen molar-refractivity contribution in [1.29, 1.82) is 0 Å². The van der Waals surface area contributed by atoms with Gasteiger partial charge in [-0.15, -0.1) is 0 Å². The summed E-state index contributed by atoms with van der Waals surface area (Å²) in [5.74, 6) is -0.424. The summed E-state index contributed by atoms with van der Waals surface area (Å²) in [5, 5.41) is 6.22. The number of nitrogens with one attached hydrogen (secondary N) is 1. The van der Waals surface area contributed by atoms with Gasteiger partial charge >= 0.3 is 12.3 Å². The second-order valence-electron chi connectivity index (χ2n) is 6.20. The summed E-state index contributed by atoms with van der Waals surface area (Å²) < 4.78 is 51.3. The van der Waals surface area contributed by atoms with Gasteiger partial charge in [0.2, 0.25) is 0 Å². The molecule has 9 heteroatoms. The smallest absolute Gasteiger partial charge is 0.371 e. The van der Waals surface area contributed by atoms with Gasteiger partial charge < -0.3 is 4.90 Å². The Morgan fingerprint density at radius 3 is 2.39 bits per heavy atom. The van der Waals surface area contributed by atoms with Crippen LogP contribution in [0.3, 0.4) is 0 Å². The molecule has 5 nitrogen and oxygen atoms in total. The van der Waals surface area contributed by atoms with Crippen LogP contribution in [0.25, 0.3) is 0 Å². The Morgan fingerprint density at radius 1 is 1.07 bits per heavy atom. The van der Waals surface area contributed by atoms with E-state index < -0.39 is 23.7 Å². The van der Waals surface area contributed by atoms with Gasteiger partial charge in [-0.05, 0) is 42.5 Å². The lowest BCUT2D eigenvalue weighted by atomic mass is 10.1. The van der Waals surface area contributed by atoms with Gasteiger partial charge in [-0.2, -0.15) is 13.2 Å². The first-order valence-corrected chi connectivity index (χ1v) is 8.53.